The maximum Gasteiger partial charge on any atom is 0.406 e. The topological polar surface area (TPSA) is 130 Å². The number of fused-ring (bicyclic) bond motifs is 1. The van der Waals surface area contributed by atoms with Gasteiger partial charge in [-0.3, -0.25) is 24.6 Å². The molecule has 0 bridgehead atoms. The third kappa shape index (κ3) is 5.55. The normalized spacial score (nSPS) is 24.1. The predicted octanol–water partition coefficient (Wildman–Crippen LogP) is 2.46. The summed E-state index contributed by atoms with van der Waals surface area (Å²) < 4.78 is 69.3. The molecule has 0 spiro atoms. The summed E-state index contributed by atoms with van der Waals surface area (Å²) >= 11 is 18.0. The maximum absolute atomic E-state index is 14.2. The number of sulfone groups is 1. The molecule has 0 aliphatic carbocycles. The number of alkyl halides is 3. The Morgan fingerprint density at radius 3 is 2.28 bits per heavy atom. The number of benzene rings is 2. The van der Waals surface area contributed by atoms with Gasteiger partial charge in [-0.25, -0.2) is 8.42 Å². The van der Waals surface area contributed by atoms with Gasteiger partial charge in [-0.05, 0) is 35.9 Å². The lowest BCUT2D eigenvalue weighted by atomic mass is 9.96. The number of nitrogens with zero attached hydrogens (tertiary/aromatic N) is 2. The van der Waals surface area contributed by atoms with Gasteiger partial charge >= 0.3 is 6.18 Å². The first-order chi connectivity index (χ1) is 18.1. The summed E-state index contributed by atoms with van der Waals surface area (Å²) in [6.07, 6.45) is -3.17. The molecule has 0 saturated carbocycles. The molecule has 9 nitrogen and oxygen atoms in total. The molecule has 2 aliphatic heterocycles. The number of piperazine rings is 1. The highest BCUT2D eigenvalue weighted by molar-refractivity contribution is 7.93. The van der Waals surface area contributed by atoms with E-state index in [1.807, 2.05) is 0 Å². The second-order valence-electron chi connectivity index (χ2n) is 8.82. The van der Waals surface area contributed by atoms with E-state index >= 15 is 0 Å². The van der Waals surface area contributed by atoms with Crippen molar-refractivity contribution in [2.75, 3.05) is 13.1 Å². The van der Waals surface area contributed by atoms with Crippen LogP contribution in [-0.2, 0) is 30.6 Å². The Bertz CT molecular complexity index is 1440. The van der Waals surface area contributed by atoms with Gasteiger partial charge in [0.05, 0.1) is 16.5 Å². The fourth-order valence-electron chi connectivity index (χ4n) is 4.54. The van der Waals surface area contributed by atoms with Gasteiger partial charge in [0.2, 0.25) is 32.6 Å². The van der Waals surface area contributed by atoms with Crippen LogP contribution in [0.1, 0.15) is 5.56 Å². The molecule has 16 heteroatoms. The Morgan fingerprint density at radius 2 is 1.72 bits per heavy atom. The van der Waals surface area contributed by atoms with Crippen molar-refractivity contribution in [3.8, 4) is 0 Å². The fourth-order valence-corrected chi connectivity index (χ4v) is 7.38. The average Bonchev–Trinajstić information content (AvgIpc) is 2.81. The zero-order valence-corrected chi connectivity index (χ0v) is 22.6. The molecule has 2 heterocycles. The quantitative estimate of drug-likeness (QED) is 0.508. The summed E-state index contributed by atoms with van der Waals surface area (Å²) in [7, 11) is -5.00. The van der Waals surface area contributed by atoms with Crippen molar-refractivity contribution in [1.82, 2.24) is 15.1 Å². The number of carbonyl (C=O) groups excluding carboxylic acids is 3. The number of nitrogens with one attached hydrogen (secondary N) is 1. The Kier molecular flexibility index (Phi) is 7.87. The van der Waals surface area contributed by atoms with Crippen molar-refractivity contribution in [2.45, 2.75) is 34.6 Å². The molecule has 3 amide bonds. The monoisotopic (exact) mass is 624 g/mol. The number of carbonyl (C=O) groups is 3. The summed E-state index contributed by atoms with van der Waals surface area (Å²) in [5.74, 6) is -3.64. The Balaban J connectivity index is 1.96. The van der Waals surface area contributed by atoms with E-state index in [0.29, 0.717) is 15.5 Å². The fraction of sp³-hybridized carbons (Fsp3) is 0.304. The van der Waals surface area contributed by atoms with E-state index in [2.05, 4.69) is 11.7 Å². The largest absolute Gasteiger partial charge is 0.406 e. The number of primary amides is 1. The molecule has 2 aromatic rings. The predicted molar refractivity (Wildman–Crippen MR) is 134 cm³/mol. The van der Waals surface area contributed by atoms with Gasteiger partial charge in [0.15, 0.2) is 0 Å². The van der Waals surface area contributed by atoms with Crippen molar-refractivity contribution >= 4 is 62.4 Å². The molecule has 0 aromatic heterocycles. The van der Waals surface area contributed by atoms with E-state index < -0.39 is 80.2 Å². The standard InChI is InChI=1S/C23H18Cl3F3N4O5S/c24-13-3-1-12(2-4-13)7-17-21(36)32(10-22(27,28)29)11-23(31-16(20(30)35)9-19(34)33(17)23)39(37,38)18-6-5-14(25)8-15(18)26/h1-6,8,16-17,31H,7,10-11H2,(H2,30,35). The lowest BCUT2D eigenvalue weighted by Gasteiger charge is -2.56. The van der Waals surface area contributed by atoms with E-state index in [0.717, 1.165) is 12.1 Å². The van der Waals surface area contributed by atoms with Gasteiger partial charge in [0.1, 0.15) is 25.0 Å². The molecular formula is C23H18Cl3F3N4O5S. The molecule has 2 aliphatic rings. The Hall–Kier alpha value is -2.58. The average molecular weight is 626 g/mol. The third-order valence-electron chi connectivity index (χ3n) is 6.18. The molecule has 2 aromatic carbocycles. The van der Waals surface area contributed by atoms with Crippen molar-refractivity contribution in [3.63, 3.8) is 0 Å². The zero-order chi connectivity index (χ0) is 28.9. The second-order valence-corrected chi connectivity index (χ2v) is 12.2. The van der Waals surface area contributed by atoms with Crippen LogP contribution in [0.25, 0.3) is 0 Å². The minimum Gasteiger partial charge on any atom is -0.368 e. The summed E-state index contributed by atoms with van der Waals surface area (Å²) in [5.41, 5.74) is 5.69. The van der Waals surface area contributed by atoms with Gasteiger partial charge in [-0.1, -0.05) is 46.9 Å². The number of rotatable bonds is 6. The highest BCUT2D eigenvalue weighted by Crippen LogP contribution is 2.41. The minimum atomic E-state index is -5.00. The Labute approximate surface area is 235 Å². The van der Waals surface area contributed by atoms with E-state index in [1.54, 1.807) is 0 Å². The number of nitrogens with two attached hydrogens (primary N) is 1. The smallest absolute Gasteiger partial charge is 0.368 e. The Morgan fingerprint density at radius 1 is 1.10 bits per heavy atom. The van der Waals surface area contributed by atoms with Gasteiger partial charge in [-0.2, -0.15) is 13.2 Å². The molecule has 3 atom stereocenters. The van der Waals surface area contributed by atoms with Crippen LogP contribution in [0.15, 0.2) is 47.4 Å². The SMILES string of the molecule is NC(=O)C1[C]C(=O)N2C(Cc3ccc(Cl)cc3)C(=O)N(CC(F)(F)F)CC2(S(=O)(=O)c2ccc(Cl)cc2Cl)N1. The van der Waals surface area contributed by atoms with Gasteiger partial charge < -0.3 is 10.6 Å². The van der Waals surface area contributed by atoms with Crippen LogP contribution in [-0.4, -0.2) is 72.3 Å². The van der Waals surface area contributed by atoms with Gasteiger partial charge in [0.25, 0.3) is 0 Å². The molecular weight excluding hydrogens is 608 g/mol. The first-order valence-electron chi connectivity index (χ1n) is 11.0. The number of hydrogen-bond donors (Lipinski definition) is 2. The zero-order valence-electron chi connectivity index (χ0n) is 19.5. The van der Waals surface area contributed by atoms with Crippen LogP contribution >= 0.6 is 34.8 Å². The van der Waals surface area contributed by atoms with E-state index in [1.165, 1.54) is 30.3 Å². The molecule has 3 unspecified atom stereocenters. The van der Waals surface area contributed by atoms with Crippen LogP contribution in [0.5, 0.6) is 0 Å². The van der Waals surface area contributed by atoms with Crippen molar-refractivity contribution in [3.05, 3.63) is 69.5 Å². The lowest BCUT2D eigenvalue weighted by molar-refractivity contribution is -0.181. The summed E-state index contributed by atoms with van der Waals surface area (Å²) in [6, 6.07) is 5.48. The summed E-state index contributed by atoms with van der Waals surface area (Å²) in [4.78, 5) is 36.3. The molecule has 2 fully saturated rings. The van der Waals surface area contributed by atoms with Crippen LogP contribution < -0.4 is 11.1 Å². The van der Waals surface area contributed by atoms with Crippen LogP contribution in [0.4, 0.5) is 13.2 Å². The highest BCUT2D eigenvalue weighted by atomic mass is 35.5. The summed E-state index contributed by atoms with van der Waals surface area (Å²) in [6.45, 7) is -3.05. The van der Waals surface area contributed by atoms with Crippen LogP contribution in [0, 0.1) is 6.42 Å². The first kappa shape index (κ1) is 29.4. The summed E-state index contributed by atoms with van der Waals surface area (Å²) in [5, 5.41) is 2.36. The molecule has 4 rings (SSSR count). The first-order valence-corrected chi connectivity index (χ1v) is 13.6. The van der Waals surface area contributed by atoms with Crippen molar-refractivity contribution in [2.24, 2.45) is 5.73 Å². The molecule has 3 N–H and O–H groups in total. The van der Waals surface area contributed by atoms with E-state index in [9.17, 15) is 36.0 Å². The number of hydrogen-bond acceptors (Lipinski definition) is 6. The number of halogens is 6. The highest BCUT2D eigenvalue weighted by Gasteiger charge is 2.64. The van der Waals surface area contributed by atoms with E-state index in [-0.39, 0.29) is 9.92 Å². The molecule has 39 heavy (non-hydrogen) atoms. The van der Waals surface area contributed by atoms with E-state index in [4.69, 9.17) is 40.5 Å². The van der Waals surface area contributed by atoms with Gasteiger partial charge in [-0.15, -0.1) is 0 Å². The molecule has 2 saturated heterocycles. The number of amides is 3. The molecule has 208 valence electrons. The van der Waals surface area contributed by atoms with Crippen molar-refractivity contribution in [1.29, 1.82) is 0 Å². The van der Waals surface area contributed by atoms with Gasteiger partial charge in [0, 0.05) is 16.5 Å². The van der Waals surface area contributed by atoms with Crippen molar-refractivity contribution < 1.29 is 36.0 Å². The van der Waals surface area contributed by atoms with Crippen LogP contribution in [0.2, 0.25) is 15.1 Å². The maximum atomic E-state index is 14.2. The second kappa shape index (κ2) is 10.4. The molecule has 2 radical (unpaired) electrons. The third-order valence-corrected chi connectivity index (χ3v) is 9.36. The van der Waals surface area contributed by atoms with Crippen LogP contribution in [0.3, 0.4) is 0 Å². The lowest BCUT2D eigenvalue weighted by Crippen LogP contribution is -2.83. The minimum absolute atomic E-state index is 0.0517.